The van der Waals surface area contributed by atoms with Crippen LogP contribution in [-0.4, -0.2) is 0 Å². The summed E-state index contributed by atoms with van der Waals surface area (Å²) in [5.41, 5.74) is 8.19. The molecule has 2 rings (SSSR count). The molecule has 18 heavy (non-hydrogen) atoms. The predicted molar refractivity (Wildman–Crippen MR) is 79.8 cm³/mol. The molecule has 0 amide bonds. The first-order chi connectivity index (χ1) is 8.54. The zero-order chi connectivity index (χ0) is 13.3. The molecular weight excluding hydrogens is 312 g/mol. The van der Waals surface area contributed by atoms with E-state index in [-0.39, 0.29) is 0 Å². The van der Waals surface area contributed by atoms with Crippen molar-refractivity contribution in [2.75, 3.05) is 0 Å². The summed E-state index contributed by atoms with van der Waals surface area (Å²) in [6, 6.07) is 8.87. The number of rotatable bonds is 2. The van der Waals surface area contributed by atoms with E-state index in [1.165, 1.54) is 0 Å². The van der Waals surface area contributed by atoms with Crippen LogP contribution < -0.4 is 5.73 Å². The quantitative estimate of drug-likeness (QED) is 0.734. The van der Waals surface area contributed by atoms with Gasteiger partial charge < -0.3 is 5.73 Å². The standard InChI is InChI=1S/C13H9Cl4N/c14-10-3-1-2-7(9(10)6-18)8-4-12(16)13(17)5-11(8)15/h1-5H,6,18H2. The van der Waals surface area contributed by atoms with Crippen LogP contribution in [0.1, 0.15) is 5.56 Å². The van der Waals surface area contributed by atoms with Gasteiger partial charge in [0.2, 0.25) is 0 Å². The van der Waals surface area contributed by atoms with E-state index in [4.69, 9.17) is 52.1 Å². The number of benzene rings is 2. The van der Waals surface area contributed by atoms with E-state index in [9.17, 15) is 0 Å². The van der Waals surface area contributed by atoms with Crippen molar-refractivity contribution in [1.29, 1.82) is 0 Å². The van der Waals surface area contributed by atoms with Gasteiger partial charge in [0.05, 0.1) is 10.0 Å². The average molecular weight is 321 g/mol. The van der Waals surface area contributed by atoms with Crippen molar-refractivity contribution in [2.45, 2.75) is 6.54 Å². The third-order valence-corrected chi connectivity index (χ3v) is 4.01. The van der Waals surface area contributed by atoms with Gasteiger partial charge in [-0.3, -0.25) is 0 Å². The van der Waals surface area contributed by atoms with Gasteiger partial charge >= 0.3 is 0 Å². The maximum Gasteiger partial charge on any atom is 0.0607 e. The summed E-state index contributed by atoms with van der Waals surface area (Å²) in [5, 5.41) is 1.99. The van der Waals surface area contributed by atoms with E-state index in [2.05, 4.69) is 0 Å². The first-order valence-corrected chi connectivity index (χ1v) is 6.68. The van der Waals surface area contributed by atoms with Crippen LogP contribution in [0.5, 0.6) is 0 Å². The van der Waals surface area contributed by atoms with E-state index >= 15 is 0 Å². The van der Waals surface area contributed by atoms with Crippen molar-refractivity contribution in [3.8, 4) is 11.1 Å². The average Bonchev–Trinajstić information content (AvgIpc) is 2.33. The van der Waals surface area contributed by atoms with Crippen LogP contribution in [0.4, 0.5) is 0 Å². The molecule has 0 aliphatic heterocycles. The second-order valence-corrected chi connectivity index (χ2v) is 5.35. The smallest absolute Gasteiger partial charge is 0.0607 e. The van der Waals surface area contributed by atoms with Crippen LogP contribution in [0, 0.1) is 0 Å². The normalized spacial score (nSPS) is 10.7. The fraction of sp³-hybridized carbons (Fsp3) is 0.0769. The SMILES string of the molecule is NCc1c(Cl)cccc1-c1cc(Cl)c(Cl)cc1Cl. The molecule has 1 nitrogen and oxygen atoms in total. The Bertz CT molecular complexity index is 596. The topological polar surface area (TPSA) is 26.0 Å². The van der Waals surface area contributed by atoms with Crippen LogP contribution in [0.3, 0.4) is 0 Å². The summed E-state index contributed by atoms with van der Waals surface area (Å²) in [7, 11) is 0. The molecule has 0 atom stereocenters. The summed E-state index contributed by atoms with van der Waals surface area (Å²) < 4.78 is 0. The minimum Gasteiger partial charge on any atom is -0.326 e. The molecule has 0 saturated carbocycles. The zero-order valence-corrected chi connectivity index (χ0v) is 12.2. The van der Waals surface area contributed by atoms with E-state index < -0.39 is 0 Å². The molecule has 0 heterocycles. The van der Waals surface area contributed by atoms with E-state index in [0.717, 1.165) is 16.7 Å². The molecule has 0 bridgehead atoms. The summed E-state index contributed by atoms with van der Waals surface area (Å²) in [6.45, 7) is 0.325. The summed E-state index contributed by atoms with van der Waals surface area (Å²) >= 11 is 24.2. The highest BCUT2D eigenvalue weighted by Gasteiger charge is 2.13. The van der Waals surface area contributed by atoms with Gasteiger partial charge in [-0.15, -0.1) is 0 Å². The molecule has 2 aromatic carbocycles. The van der Waals surface area contributed by atoms with Crippen molar-refractivity contribution in [2.24, 2.45) is 5.73 Å². The van der Waals surface area contributed by atoms with Crippen molar-refractivity contribution >= 4 is 46.4 Å². The van der Waals surface area contributed by atoms with Crippen LogP contribution in [0.2, 0.25) is 20.1 Å². The molecule has 0 aliphatic rings. The van der Waals surface area contributed by atoms with Crippen molar-refractivity contribution < 1.29 is 0 Å². The van der Waals surface area contributed by atoms with Gasteiger partial charge in [-0.1, -0.05) is 58.5 Å². The molecule has 0 radical (unpaired) electrons. The number of hydrogen-bond donors (Lipinski definition) is 1. The van der Waals surface area contributed by atoms with Crippen molar-refractivity contribution in [1.82, 2.24) is 0 Å². The van der Waals surface area contributed by atoms with Gasteiger partial charge in [-0.2, -0.15) is 0 Å². The molecule has 0 aromatic heterocycles. The van der Waals surface area contributed by atoms with Gasteiger partial charge in [0.1, 0.15) is 0 Å². The van der Waals surface area contributed by atoms with E-state index in [1.807, 2.05) is 12.1 Å². The minimum atomic E-state index is 0.325. The summed E-state index contributed by atoms with van der Waals surface area (Å²) in [6.07, 6.45) is 0. The van der Waals surface area contributed by atoms with E-state index in [1.54, 1.807) is 18.2 Å². The fourth-order valence-electron chi connectivity index (χ4n) is 1.75. The Morgan fingerprint density at radius 2 is 1.44 bits per heavy atom. The molecule has 0 saturated heterocycles. The Kier molecular flexibility index (Phi) is 4.41. The second kappa shape index (κ2) is 5.68. The molecule has 94 valence electrons. The molecule has 0 unspecified atom stereocenters. The van der Waals surface area contributed by atoms with E-state index in [0.29, 0.717) is 26.6 Å². The van der Waals surface area contributed by atoms with Gasteiger partial charge in [0.15, 0.2) is 0 Å². The molecule has 2 aromatic rings. The molecule has 0 spiro atoms. The highest BCUT2D eigenvalue weighted by atomic mass is 35.5. The Hall–Kier alpha value is -0.440. The Labute approximate surface area is 125 Å². The molecule has 0 aliphatic carbocycles. The molecule has 0 fully saturated rings. The molecular formula is C13H9Cl4N. The van der Waals surface area contributed by atoms with Gasteiger partial charge in [-0.05, 0) is 29.3 Å². The molecule has 5 heteroatoms. The molecule has 2 N–H and O–H groups in total. The van der Waals surface area contributed by atoms with Gasteiger partial charge in [-0.25, -0.2) is 0 Å². The third kappa shape index (κ3) is 2.61. The van der Waals surface area contributed by atoms with Crippen molar-refractivity contribution in [3.05, 3.63) is 56.0 Å². The third-order valence-electron chi connectivity index (χ3n) is 2.62. The fourth-order valence-corrected chi connectivity index (χ4v) is 2.65. The minimum absolute atomic E-state index is 0.325. The predicted octanol–water partition coefficient (Wildman–Crippen LogP) is 5.43. The lowest BCUT2D eigenvalue weighted by Gasteiger charge is -2.12. The second-order valence-electron chi connectivity index (χ2n) is 3.72. The Balaban J connectivity index is 2.69. The maximum atomic E-state index is 6.19. The van der Waals surface area contributed by atoms with Gasteiger partial charge in [0.25, 0.3) is 0 Å². The number of halogens is 4. The Morgan fingerprint density at radius 3 is 2.11 bits per heavy atom. The van der Waals surface area contributed by atoms with Gasteiger partial charge in [0, 0.05) is 22.2 Å². The largest absolute Gasteiger partial charge is 0.326 e. The first-order valence-electron chi connectivity index (χ1n) is 5.17. The van der Waals surface area contributed by atoms with Crippen LogP contribution >= 0.6 is 46.4 Å². The summed E-state index contributed by atoms with van der Waals surface area (Å²) in [5.74, 6) is 0. The monoisotopic (exact) mass is 319 g/mol. The highest BCUT2D eigenvalue weighted by Crippen LogP contribution is 2.38. The van der Waals surface area contributed by atoms with Crippen LogP contribution in [0.25, 0.3) is 11.1 Å². The van der Waals surface area contributed by atoms with Crippen molar-refractivity contribution in [3.63, 3.8) is 0 Å². The zero-order valence-electron chi connectivity index (χ0n) is 9.18. The lowest BCUT2D eigenvalue weighted by molar-refractivity contribution is 1.07. The van der Waals surface area contributed by atoms with Crippen LogP contribution in [-0.2, 0) is 6.54 Å². The summed E-state index contributed by atoms with van der Waals surface area (Å²) in [4.78, 5) is 0. The van der Waals surface area contributed by atoms with Crippen LogP contribution in [0.15, 0.2) is 30.3 Å². The Morgan fingerprint density at radius 1 is 0.778 bits per heavy atom. The highest BCUT2D eigenvalue weighted by molar-refractivity contribution is 6.44. The number of nitrogens with two attached hydrogens (primary N) is 1. The lowest BCUT2D eigenvalue weighted by atomic mass is 9.99. The lowest BCUT2D eigenvalue weighted by Crippen LogP contribution is -2.00. The first kappa shape index (κ1) is 14.0. The number of hydrogen-bond acceptors (Lipinski definition) is 1. The maximum absolute atomic E-state index is 6.19.